The lowest BCUT2D eigenvalue weighted by Crippen LogP contribution is -2.44. The van der Waals surface area contributed by atoms with E-state index >= 15 is 0 Å². The maximum absolute atomic E-state index is 11.6. The average molecular weight is 199 g/mol. The molecule has 3 heteroatoms. The van der Waals surface area contributed by atoms with Gasteiger partial charge in [0.1, 0.15) is 6.04 Å². The molecule has 1 aliphatic rings. The van der Waals surface area contributed by atoms with Gasteiger partial charge in [-0.05, 0) is 39.0 Å². The third kappa shape index (κ3) is 3.29. The van der Waals surface area contributed by atoms with Crippen LogP contribution in [0, 0.1) is 5.92 Å². The summed E-state index contributed by atoms with van der Waals surface area (Å²) in [5.41, 5.74) is 0. The van der Waals surface area contributed by atoms with E-state index in [9.17, 15) is 4.79 Å². The number of carbonyl (C=O) groups is 1. The van der Waals surface area contributed by atoms with Crippen LogP contribution in [0.4, 0.5) is 0 Å². The summed E-state index contributed by atoms with van der Waals surface area (Å²) in [6.07, 6.45) is 3.36. The van der Waals surface area contributed by atoms with Crippen LogP contribution in [0.2, 0.25) is 0 Å². The first-order valence-electron chi connectivity index (χ1n) is 5.61. The van der Waals surface area contributed by atoms with Gasteiger partial charge in [-0.1, -0.05) is 6.92 Å². The topological polar surface area (TPSA) is 38.3 Å². The zero-order valence-corrected chi connectivity index (χ0v) is 9.38. The van der Waals surface area contributed by atoms with Crippen LogP contribution in [0.1, 0.15) is 40.0 Å². The molecule has 82 valence electrons. The van der Waals surface area contributed by atoms with Gasteiger partial charge in [-0.15, -0.1) is 0 Å². The van der Waals surface area contributed by atoms with Crippen molar-refractivity contribution in [2.24, 2.45) is 5.92 Å². The molecule has 1 rings (SSSR count). The van der Waals surface area contributed by atoms with Gasteiger partial charge in [-0.2, -0.15) is 0 Å². The fourth-order valence-corrected chi connectivity index (χ4v) is 1.48. The van der Waals surface area contributed by atoms with E-state index in [-0.39, 0.29) is 12.0 Å². The number of hydrogen-bond acceptors (Lipinski definition) is 3. The van der Waals surface area contributed by atoms with Crippen LogP contribution in [-0.2, 0) is 9.53 Å². The molecule has 2 atom stereocenters. The smallest absolute Gasteiger partial charge is 0.323 e. The lowest BCUT2D eigenvalue weighted by Gasteiger charge is -2.20. The van der Waals surface area contributed by atoms with Crippen molar-refractivity contribution in [2.45, 2.75) is 52.1 Å². The highest BCUT2D eigenvalue weighted by molar-refractivity contribution is 5.76. The molecule has 0 aromatic heterocycles. The third-order valence-corrected chi connectivity index (χ3v) is 2.71. The summed E-state index contributed by atoms with van der Waals surface area (Å²) >= 11 is 0. The van der Waals surface area contributed by atoms with E-state index < -0.39 is 0 Å². The molecule has 0 aromatic carbocycles. The summed E-state index contributed by atoms with van der Waals surface area (Å²) in [6, 6.07) is 0.329. The van der Waals surface area contributed by atoms with Gasteiger partial charge in [0.05, 0.1) is 6.61 Å². The first-order valence-corrected chi connectivity index (χ1v) is 5.61. The van der Waals surface area contributed by atoms with Crippen LogP contribution in [0.3, 0.4) is 0 Å². The van der Waals surface area contributed by atoms with Crippen molar-refractivity contribution in [3.8, 4) is 0 Å². The molecule has 0 saturated heterocycles. The van der Waals surface area contributed by atoms with Gasteiger partial charge in [0.25, 0.3) is 0 Å². The number of ether oxygens (including phenoxy) is 1. The monoisotopic (exact) mass is 199 g/mol. The third-order valence-electron chi connectivity index (χ3n) is 2.71. The second kappa shape index (κ2) is 5.35. The lowest BCUT2D eigenvalue weighted by molar-refractivity contribution is -0.146. The van der Waals surface area contributed by atoms with Crippen molar-refractivity contribution in [1.82, 2.24) is 5.32 Å². The summed E-state index contributed by atoms with van der Waals surface area (Å²) in [7, 11) is 0. The predicted octanol–water partition coefficient (Wildman–Crippen LogP) is 1.72. The fraction of sp³-hybridized carbons (Fsp3) is 0.909. The number of hydrogen-bond donors (Lipinski definition) is 1. The molecule has 0 aliphatic heterocycles. The predicted molar refractivity (Wildman–Crippen MR) is 56.0 cm³/mol. The summed E-state index contributed by atoms with van der Waals surface area (Å²) < 4.78 is 5.05. The number of esters is 1. The molecular weight excluding hydrogens is 178 g/mol. The molecule has 1 fully saturated rings. The molecule has 0 bridgehead atoms. The number of rotatable bonds is 6. The average Bonchev–Trinajstić information content (AvgIpc) is 2.97. The van der Waals surface area contributed by atoms with Crippen molar-refractivity contribution >= 4 is 5.97 Å². The van der Waals surface area contributed by atoms with Crippen LogP contribution in [0.15, 0.2) is 0 Å². The molecule has 0 heterocycles. The molecule has 0 amide bonds. The molecule has 0 radical (unpaired) electrons. The van der Waals surface area contributed by atoms with Crippen molar-refractivity contribution in [2.75, 3.05) is 6.61 Å². The quantitative estimate of drug-likeness (QED) is 0.662. The SMILES string of the molecule is CCOC(=O)C(NC(C)CC)C1CC1. The molecule has 3 nitrogen and oxygen atoms in total. The van der Waals surface area contributed by atoms with Crippen LogP contribution in [0.5, 0.6) is 0 Å². The summed E-state index contributed by atoms with van der Waals surface area (Å²) in [5, 5.41) is 3.34. The molecule has 0 spiro atoms. The minimum absolute atomic E-state index is 0.0649. The Morgan fingerprint density at radius 3 is 2.57 bits per heavy atom. The highest BCUT2D eigenvalue weighted by atomic mass is 16.5. The van der Waals surface area contributed by atoms with Crippen LogP contribution >= 0.6 is 0 Å². The Morgan fingerprint density at radius 1 is 1.50 bits per heavy atom. The molecule has 2 unspecified atom stereocenters. The van der Waals surface area contributed by atoms with Crippen LogP contribution < -0.4 is 5.32 Å². The summed E-state index contributed by atoms with van der Waals surface area (Å²) in [6.45, 7) is 6.55. The zero-order chi connectivity index (χ0) is 10.6. The van der Waals surface area contributed by atoms with Gasteiger partial charge in [0.15, 0.2) is 0 Å². The van der Waals surface area contributed by atoms with E-state index in [1.807, 2.05) is 6.92 Å². The van der Waals surface area contributed by atoms with Crippen molar-refractivity contribution in [1.29, 1.82) is 0 Å². The Hall–Kier alpha value is -0.570. The van der Waals surface area contributed by atoms with Gasteiger partial charge < -0.3 is 10.1 Å². The van der Waals surface area contributed by atoms with Gasteiger partial charge in [0, 0.05) is 6.04 Å². The number of nitrogens with one attached hydrogen (secondary N) is 1. The Kier molecular flexibility index (Phi) is 4.39. The van der Waals surface area contributed by atoms with Crippen molar-refractivity contribution < 1.29 is 9.53 Å². The standard InChI is InChI=1S/C11H21NO2/c1-4-8(3)12-10(9-6-7-9)11(13)14-5-2/h8-10,12H,4-7H2,1-3H3. The van der Waals surface area contributed by atoms with E-state index in [0.29, 0.717) is 18.6 Å². The van der Waals surface area contributed by atoms with E-state index in [1.165, 1.54) is 0 Å². The minimum Gasteiger partial charge on any atom is -0.465 e. The van der Waals surface area contributed by atoms with Gasteiger partial charge in [-0.3, -0.25) is 4.79 Å². The molecule has 1 aliphatic carbocycles. The Labute approximate surface area is 86.2 Å². The normalized spacial score (nSPS) is 20.2. The van der Waals surface area contributed by atoms with Crippen molar-refractivity contribution in [3.05, 3.63) is 0 Å². The highest BCUT2D eigenvalue weighted by Crippen LogP contribution is 2.33. The lowest BCUT2D eigenvalue weighted by atomic mass is 10.1. The fourth-order valence-electron chi connectivity index (χ4n) is 1.48. The summed E-state index contributed by atoms with van der Waals surface area (Å²) in [4.78, 5) is 11.6. The first-order chi connectivity index (χ1) is 6.69. The molecule has 1 N–H and O–H groups in total. The van der Waals surface area contributed by atoms with Crippen LogP contribution in [-0.4, -0.2) is 24.7 Å². The van der Waals surface area contributed by atoms with E-state index in [2.05, 4.69) is 19.2 Å². The second-order valence-corrected chi connectivity index (χ2v) is 4.04. The van der Waals surface area contributed by atoms with Gasteiger partial charge in [-0.25, -0.2) is 0 Å². The Balaban J connectivity index is 2.42. The largest absolute Gasteiger partial charge is 0.465 e. The molecule has 14 heavy (non-hydrogen) atoms. The molecular formula is C11H21NO2. The highest BCUT2D eigenvalue weighted by Gasteiger charge is 2.37. The maximum Gasteiger partial charge on any atom is 0.323 e. The number of carbonyl (C=O) groups excluding carboxylic acids is 1. The Morgan fingerprint density at radius 2 is 2.14 bits per heavy atom. The summed E-state index contributed by atoms with van der Waals surface area (Å²) in [5.74, 6) is 0.443. The first kappa shape index (κ1) is 11.5. The van der Waals surface area contributed by atoms with Gasteiger partial charge >= 0.3 is 5.97 Å². The van der Waals surface area contributed by atoms with Gasteiger partial charge in [0.2, 0.25) is 0 Å². The molecule has 0 aromatic rings. The van der Waals surface area contributed by atoms with E-state index in [1.54, 1.807) is 0 Å². The van der Waals surface area contributed by atoms with Crippen LogP contribution in [0.25, 0.3) is 0 Å². The maximum atomic E-state index is 11.6. The zero-order valence-electron chi connectivity index (χ0n) is 9.38. The minimum atomic E-state index is -0.0738. The van der Waals surface area contributed by atoms with E-state index in [0.717, 1.165) is 19.3 Å². The second-order valence-electron chi connectivity index (χ2n) is 4.04. The van der Waals surface area contributed by atoms with E-state index in [4.69, 9.17) is 4.74 Å². The Bertz CT molecular complexity index is 190. The molecule has 1 saturated carbocycles. The van der Waals surface area contributed by atoms with Crippen molar-refractivity contribution in [3.63, 3.8) is 0 Å².